The normalized spacial score (nSPS) is 19.9. The molecule has 0 bridgehead atoms. The molecular formula is C15H21BrN2OS. The molecule has 3 rings (SSSR count). The molecule has 2 heterocycles. The molecule has 2 aliphatic rings. The maximum Gasteiger partial charge on any atom is 0.264 e. The molecule has 110 valence electrons. The molecule has 20 heavy (non-hydrogen) atoms. The lowest BCUT2D eigenvalue weighted by Crippen LogP contribution is -2.48. The van der Waals surface area contributed by atoms with Gasteiger partial charge in [0, 0.05) is 42.9 Å². The smallest absolute Gasteiger partial charge is 0.264 e. The number of aryl methyl sites for hydroxylation is 2. The molecule has 0 N–H and O–H groups in total. The molecule has 5 heteroatoms. The van der Waals surface area contributed by atoms with Crippen LogP contribution < -0.4 is 0 Å². The zero-order chi connectivity index (χ0) is 13.9. The molecular weight excluding hydrogens is 336 g/mol. The molecule has 1 aliphatic carbocycles. The van der Waals surface area contributed by atoms with Crippen LogP contribution in [0.4, 0.5) is 0 Å². The Morgan fingerprint density at radius 2 is 1.95 bits per heavy atom. The molecule has 1 aromatic heterocycles. The average Bonchev–Trinajstić information content (AvgIpc) is 2.91. The van der Waals surface area contributed by atoms with Crippen LogP contribution in [0.3, 0.4) is 0 Å². The molecule has 1 fully saturated rings. The molecule has 0 unspecified atom stereocenters. The molecule has 1 saturated heterocycles. The summed E-state index contributed by atoms with van der Waals surface area (Å²) in [6.45, 7) is 4.82. The highest BCUT2D eigenvalue weighted by atomic mass is 79.9. The summed E-state index contributed by atoms with van der Waals surface area (Å²) in [6, 6.07) is 2.16. The number of fused-ring (bicyclic) bond motifs is 1. The van der Waals surface area contributed by atoms with Gasteiger partial charge in [-0.05, 0) is 37.3 Å². The van der Waals surface area contributed by atoms with E-state index in [1.165, 1.54) is 29.7 Å². The van der Waals surface area contributed by atoms with E-state index < -0.39 is 0 Å². The van der Waals surface area contributed by atoms with Crippen LogP contribution >= 0.6 is 27.3 Å². The highest BCUT2D eigenvalue weighted by Gasteiger charge is 2.24. The van der Waals surface area contributed by atoms with Crippen LogP contribution in [-0.2, 0) is 12.8 Å². The second kappa shape index (κ2) is 6.58. The predicted molar refractivity (Wildman–Crippen MR) is 87.1 cm³/mol. The zero-order valence-corrected chi connectivity index (χ0v) is 14.1. The Hall–Kier alpha value is -0.390. The number of carbonyl (C=O) groups excluding carboxylic acids is 1. The lowest BCUT2D eigenvalue weighted by Gasteiger charge is -2.34. The van der Waals surface area contributed by atoms with Crippen LogP contribution in [0.5, 0.6) is 0 Å². The Bertz CT molecular complexity index is 457. The van der Waals surface area contributed by atoms with Crippen molar-refractivity contribution in [3.8, 4) is 0 Å². The van der Waals surface area contributed by atoms with Crippen molar-refractivity contribution in [2.75, 3.05) is 38.1 Å². The second-order valence-electron chi connectivity index (χ2n) is 5.59. The second-order valence-corrected chi connectivity index (χ2v) is 7.52. The number of piperazine rings is 1. The van der Waals surface area contributed by atoms with Crippen LogP contribution in [0, 0.1) is 0 Å². The molecule has 1 aliphatic heterocycles. The van der Waals surface area contributed by atoms with Crippen molar-refractivity contribution < 1.29 is 4.79 Å². The third kappa shape index (κ3) is 3.10. The number of carbonyl (C=O) groups is 1. The number of nitrogens with zero attached hydrogens (tertiary/aromatic N) is 2. The van der Waals surface area contributed by atoms with Gasteiger partial charge in [-0.1, -0.05) is 15.9 Å². The minimum atomic E-state index is 0.253. The first-order valence-electron chi connectivity index (χ1n) is 7.47. The first-order chi connectivity index (χ1) is 9.78. The summed E-state index contributed by atoms with van der Waals surface area (Å²) in [6.07, 6.45) is 4.90. The largest absolute Gasteiger partial charge is 0.335 e. The SMILES string of the molecule is O=C(c1cc2c(s1)CCCC2)N1CCN(CCBr)CC1. The van der Waals surface area contributed by atoms with E-state index >= 15 is 0 Å². The van der Waals surface area contributed by atoms with Gasteiger partial charge >= 0.3 is 0 Å². The maximum absolute atomic E-state index is 12.6. The van der Waals surface area contributed by atoms with Crippen LogP contribution in [0.15, 0.2) is 6.07 Å². The Kier molecular flexibility index (Phi) is 4.79. The van der Waals surface area contributed by atoms with E-state index in [9.17, 15) is 4.79 Å². The standard InChI is InChI=1S/C15H21BrN2OS/c16-5-6-17-7-9-18(10-8-17)15(19)14-11-12-3-1-2-4-13(12)20-14/h11H,1-10H2. The highest BCUT2D eigenvalue weighted by molar-refractivity contribution is 9.09. The molecule has 1 aromatic rings. The summed E-state index contributed by atoms with van der Waals surface area (Å²) in [4.78, 5) is 19.5. The van der Waals surface area contributed by atoms with Crippen molar-refractivity contribution in [1.29, 1.82) is 0 Å². The van der Waals surface area contributed by atoms with Crippen LogP contribution in [-0.4, -0.2) is 53.8 Å². The summed E-state index contributed by atoms with van der Waals surface area (Å²) in [5.41, 5.74) is 1.43. The fourth-order valence-electron chi connectivity index (χ4n) is 3.05. The van der Waals surface area contributed by atoms with Crippen molar-refractivity contribution in [2.24, 2.45) is 0 Å². The van der Waals surface area contributed by atoms with E-state index in [1.54, 1.807) is 11.3 Å². The van der Waals surface area contributed by atoms with Gasteiger partial charge in [-0.25, -0.2) is 0 Å². The topological polar surface area (TPSA) is 23.6 Å². The van der Waals surface area contributed by atoms with Gasteiger partial charge in [-0.15, -0.1) is 11.3 Å². The van der Waals surface area contributed by atoms with Crippen LogP contribution in [0.2, 0.25) is 0 Å². The number of hydrogen-bond acceptors (Lipinski definition) is 3. The molecule has 0 aromatic carbocycles. The summed E-state index contributed by atoms with van der Waals surface area (Å²) < 4.78 is 0. The van der Waals surface area contributed by atoms with E-state index in [2.05, 4.69) is 26.9 Å². The molecule has 3 nitrogen and oxygen atoms in total. The van der Waals surface area contributed by atoms with Gasteiger partial charge in [0.05, 0.1) is 4.88 Å². The first-order valence-corrected chi connectivity index (χ1v) is 9.41. The van der Waals surface area contributed by atoms with Gasteiger partial charge in [0.1, 0.15) is 0 Å². The molecule has 0 radical (unpaired) electrons. The quantitative estimate of drug-likeness (QED) is 0.777. The van der Waals surface area contributed by atoms with Crippen molar-refractivity contribution in [3.05, 3.63) is 21.4 Å². The minimum absolute atomic E-state index is 0.253. The fourth-order valence-corrected chi connectivity index (χ4v) is 4.77. The average molecular weight is 357 g/mol. The number of amides is 1. The summed E-state index contributed by atoms with van der Waals surface area (Å²) in [7, 11) is 0. The maximum atomic E-state index is 12.6. The summed E-state index contributed by atoms with van der Waals surface area (Å²) in [5, 5.41) is 1.01. The number of hydrogen-bond donors (Lipinski definition) is 0. The Labute approximate surface area is 133 Å². The Morgan fingerprint density at radius 1 is 1.20 bits per heavy atom. The van der Waals surface area contributed by atoms with Gasteiger partial charge in [0.25, 0.3) is 5.91 Å². The fraction of sp³-hybridized carbons (Fsp3) is 0.667. The number of rotatable bonds is 3. The Morgan fingerprint density at radius 3 is 2.65 bits per heavy atom. The van der Waals surface area contributed by atoms with Crippen molar-refractivity contribution in [2.45, 2.75) is 25.7 Å². The Balaban J connectivity index is 1.63. The van der Waals surface area contributed by atoms with Crippen LogP contribution in [0.1, 0.15) is 33.0 Å². The van der Waals surface area contributed by atoms with Crippen molar-refractivity contribution in [1.82, 2.24) is 9.80 Å². The molecule has 0 saturated carbocycles. The van der Waals surface area contributed by atoms with Crippen molar-refractivity contribution in [3.63, 3.8) is 0 Å². The summed E-state index contributed by atoms with van der Waals surface area (Å²) >= 11 is 5.21. The van der Waals surface area contributed by atoms with Gasteiger partial charge in [0.2, 0.25) is 0 Å². The van der Waals surface area contributed by atoms with Crippen molar-refractivity contribution >= 4 is 33.2 Å². The number of halogens is 1. The van der Waals surface area contributed by atoms with Gasteiger partial charge in [-0.3, -0.25) is 9.69 Å². The number of alkyl halides is 1. The third-order valence-electron chi connectivity index (χ3n) is 4.27. The van der Waals surface area contributed by atoms with E-state index in [-0.39, 0.29) is 5.91 Å². The van der Waals surface area contributed by atoms with E-state index in [0.717, 1.165) is 49.4 Å². The monoisotopic (exact) mass is 356 g/mol. The lowest BCUT2D eigenvalue weighted by molar-refractivity contribution is 0.0649. The molecule has 0 spiro atoms. The first kappa shape index (κ1) is 14.5. The number of thiophene rings is 1. The predicted octanol–water partition coefficient (Wildman–Crippen LogP) is 2.78. The van der Waals surface area contributed by atoms with E-state index in [1.807, 2.05) is 4.90 Å². The van der Waals surface area contributed by atoms with Gasteiger partial charge < -0.3 is 4.90 Å². The molecule has 1 amide bonds. The third-order valence-corrected chi connectivity index (χ3v) is 5.85. The van der Waals surface area contributed by atoms with E-state index in [4.69, 9.17) is 0 Å². The van der Waals surface area contributed by atoms with Gasteiger partial charge in [-0.2, -0.15) is 0 Å². The minimum Gasteiger partial charge on any atom is -0.335 e. The van der Waals surface area contributed by atoms with Gasteiger partial charge in [0.15, 0.2) is 0 Å². The van der Waals surface area contributed by atoms with Crippen LogP contribution in [0.25, 0.3) is 0 Å². The highest BCUT2D eigenvalue weighted by Crippen LogP contribution is 2.30. The van der Waals surface area contributed by atoms with E-state index in [0.29, 0.717) is 0 Å². The molecule has 0 atom stereocenters. The lowest BCUT2D eigenvalue weighted by atomic mass is 9.99. The summed E-state index contributed by atoms with van der Waals surface area (Å²) in [5.74, 6) is 0.253. The zero-order valence-electron chi connectivity index (χ0n) is 11.7.